The van der Waals surface area contributed by atoms with Crippen LogP contribution in [0.5, 0.6) is 11.5 Å². The van der Waals surface area contributed by atoms with Gasteiger partial charge in [0.15, 0.2) is 11.5 Å². The second-order valence-electron chi connectivity index (χ2n) is 2.96. The number of hydrogen-bond donors (Lipinski definition) is 1. The van der Waals surface area contributed by atoms with Gasteiger partial charge in [0.25, 0.3) is 0 Å². The Labute approximate surface area is 98.6 Å². The van der Waals surface area contributed by atoms with Gasteiger partial charge in [0, 0.05) is 0 Å². The normalized spacial score (nSPS) is 9.06. The van der Waals surface area contributed by atoms with E-state index in [-0.39, 0.29) is 0 Å². The molecular weight excluding hydrogens is 202 g/mol. The Morgan fingerprint density at radius 3 is 2.38 bits per heavy atom. The van der Waals surface area contributed by atoms with Crippen LogP contribution >= 0.6 is 0 Å². The average molecular weight is 225 g/mol. The topological polar surface area (TPSA) is 44.5 Å². The molecule has 0 saturated heterocycles. The number of methoxy groups -OCH3 is 1. The number of nitrogens with two attached hydrogens (primary N) is 1. The molecule has 0 fully saturated rings. The second kappa shape index (κ2) is 9.04. The Bertz CT molecular complexity index is 287. The fraction of sp³-hybridized carbons (Fsp3) is 0.538. The van der Waals surface area contributed by atoms with E-state index in [2.05, 4.69) is 0 Å². The van der Waals surface area contributed by atoms with Crippen molar-refractivity contribution in [3.63, 3.8) is 0 Å². The molecule has 1 aromatic rings. The Morgan fingerprint density at radius 2 is 1.88 bits per heavy atom. The lowest BCUT2D eigenvalue weighted by Crippen LogP contribution is -2.03. The van der Waals surface area contributed by atoms with E-state index in [0.29, 0.717) is 13.2 Å². The summed E-state index contributed by atoms with van der Waals surface area (Å²) in [7, 11) is 1.64. The zero-order valence-corrected chi connectivity index (χ0v) is 10.7. The molecule has 1 aromatic carbocycles. The summed E-state index contributed by atoms with van der Waals surface area (Å²) in [6.45, 7) is 7.25. The monoisotopic (exact) mass is 225 g/mol. The highest BCUT2D eigenvalue weighted by atomic mass is 16.5. The van der Waals surface area contributed by atoms with E-state index in [1.165, 1.54) is 5.56 Å². The van der Waals surface area contributed by atoms with Gasteiger partial charge in [0.05, 0.1) is 13.7 Å². The fourth-order valence-corrected chi connectivity index (χ4v) is 1.31. The van der Waals surface area contributed by atoms with Crippen molar-refractivity contribution < 1.29 is 9.47 Å². The summed E-state index contributed by atoms with van der Waals surface area (Å²) < 4.78 is 10.6. The van der Waals surface area contributed by atoms with Gasteiger partial charge in [-0.25, -0.2) is 0 Å². The fourth-order valence-electron chi connectivity index (χ4n) is 1.31. The lowest BCUT2D eigenvalue weighted by atomic mass is 10.1. The highest BCUT2D eigenvalue weighted by Crippen LogP contribution is 2.27. The minimum Gasteiger partial charge on any atom is -0.493 e. The molecule has 0 unspecified atom stereocenters. The van der Waals surface area contributed by atoms with Gasteiger partial charge in [0.1, 0.15) is 0 Å². The van der Waals surface area contributed by atoms with E-state index in [0.717, 1.165) is 17.9 Å². The van der Waals surface area contributed by atoms with E-state index < -0.39 is 0 Å². The first-order valence-electron chi connectivity index (χ1n) is 5.81. The quantitative estimate of drug-likeness (QED) is 0.837. The van der Waals surface area contributed by atoms with Crippen LogP contribution in [0.2, 0.25) is 0 Å². The molecule has 0 aliphatic heterocycles. The van der Waals surface area contributed by atoms with Gasteiger partial charge < -0.3 is 15.2 Å². The molecule has 0 aliphatic carbocycles. The van der Waals surface area contributed by atoms with Gasteiger partial charge in [0.2, 0.25) is 0 Å². The van der Waals surface area contributed by atoms with E-state index in [1.54, 1.807) is 7.11 Å². The third-order valence-corrected chi connectivity index (χ3v) is 1.96. The minimum atomic E-state index is 0.645. The molecule has 0 amide bonds. The Kier molecular flexibility index (Phi) is 8.35. The number of hydrogen-bond acceptors (Lipinski definition) is 3. The predicted octanol–water partition coefficient (Wildman–Crippen LogP) is 2.62. The van der Waals surface area contributed by atoms with E-state index in [9.17, 15) is 0 Å². The van der Waals surface area contributed by atoms with Crippen LogP contribution in [-0.2, 0) is 6.42 Å². The molecule has 0 aromatic heterocycles. The van der Waals surface area contributed by atoms with E-state index in [4.69, 9.17) is 15.2 Å². The summed E-state index contributed by atoms with van der Waals surface area (Å²) in [5, 5.41) is 0. The van der Waals surface area contributed by atoms with Crippen LogP contribution in [0.1, 0.15) is 26.3 Å². The van der Waals surface area contributed by atoms with Crippen molar-refractivity contribution in [2.45, 2.75) is 27.2 Å². The molecule has 92 valence electrons. The summed E-state index contributed by atoms with van der Waals surface area (Å²) in [6, 6.07) is 5.91. The van der Waals surface area contributed by atoms with Crippen molar-refractivity contribution in [2.24, 2.45) is 5.73 Å². The van der Waals surface area contributed by atoms with Crippen molar-refractivity contribution in [1.29, 1.82) is 0 Å². The second-order valence-corrected chi connectivity index (χ2v) is 2.96. The van der Waals surface area contributed by atoms with Crippen molar-refractivity contribution in [2.75, 3.05) is 20.3 Å². The van der Waals surface area contributed by atoms with Crippen molar-refractivity contribution in [3.05, 3.63) is 23.8 Å². The Hall–Kier alpha value is -1.22. The van der Waals surface area contributed by atoms with E-state index >= 15 is 0 Å². The van der Waals surface area contributed by atoms with Gasteiger partial charge in [-0.1, -0.05) is 19.9 Å². The molecule has 16 heavy (non-hydrogen) atoms. The minimum absolute atomic E-state index is 0.645. The lowest BCUT2D eigenvalue weighted by Gasteiger charge is -2.10. The highest BCUT2D eigenvalue weighted by Gasteiger charge is 2.04. The molecule has 1 rings (SSSR count). The first-order chi connectivity index (χ1) is 7.81. The van der Waals surface area contributed by atoms with Crippen molar-refractivity contribution in [3.8, 4) is 11.5 Å². The summed E-state index contributed by atoms with van der Waals surface area (Å²) in [5.74, 6) is 1.56. The first-order valence-corrected chi connectivity index (χ1v) is 5.81. The average Bonchev–Trinajstić information content (AvgIpc) is 2.34. The molecular formula is C13H23NO2. The standard InChI is InChI=1S/C11H17NO2.C2H6/c1-3-14-10-5-4-9(6-7-12)8-11(10)13-2;1-2/h4-5,8H,3,6-7,12H2,1-2H3;1-2H3. The maximum Gasteiger partial charge on any atom is 0.161 e. The van der Waals surface area contributed by atoms with Crippen molar-refractivity contribution >= 4 is 0 Å². The van der Waals surface area contributed by atoms with Crippen molar-refractivity contribution in [1.82, 2.24) is 0 Å². The van der Waals surface area contributed by atoms with Crippen LogP contribution < -0.4 is 15.2 Å². The molecule has 0 spiro atoms. The third-order valence-electron chi connectivity index (χ3n) is 1.96. The molecule has 0 bridgehead atoms. The lowest BCUT2D eigenvalue weighted by molar-refractivity contribution is 0.310. The summed E-state index contributed by atoms with van der Waals surface area (Å²) in [5.41, 5.74) is 6.65. The highest BCUT2D eigenvalue weighted by molar-refractivity contribution is 5.43. The summed E-state index contributed by atoms with van der Waals surface area (Å²) in [4.78, 5) is 0. The zero-order chi connectivity index (χ0) is 12.4. The molecule has 2 N–H and O–H groups in total. The van der Waals surface area contributed by atoms with Gasteiger partial charge >= 0.3 is 0 Å². The first kappa shape index (κ1) is 14.8. The summed E-state index contributed by atoms with van der Waals surface area (Å²) in [6.07, 6.45) is 0.864. The van der Waals surface area contributed by atoms with Crippen LogP contribution in [0.3, 0.4) is 0 Å². The molecule has 0 atom stereocenters. The van der Waals surface area contributed by atoms with Gasteiger partial charge in [-0.3, -0.25) is 0 Å². The van der Waals surface area contributed by atoms with E-state index in [1.807, 2.05) is 39.0 Å². The van der Waals surface area contributed by atoms with Crippen LogP contribution in [0.25, 0.3) is 0 Å². The van der Waals surface area contributed by atoms with Crippen LogP contribution in [0.4, 0.5) is 0 Å². The molecule has 0 heterocycles. The van der Waals surface area contributed by atoms with Gasteiger partial charge in [-0.05, 0) is 37.6 Å². The van der Waals surface area contributed by atoms with Crippen LogP contribution in [0.15, 0.2) is 18.2 Å². The molecule has 3 heteroatoms. The Morgan fingerprint density at radius 1 is 1.19 bits per heavy atom. The zero-order valence-electron chi connectivity index (χ0n) is 10.7. The number of benzene rings is 1. The maximum atomic E-state index is 5.48. The SMILES string of the molecule is CC.CCOc1ccc(CCN)cc1OC. The maximum absolute atomic E-state index is 5.48. The van der Waals surface area contributed by atoms with Crippen LogP contribution in [-0.4, -0.2) is 20.3 Å². The number of ether oxygens (including phenoxy) is 2. The van der Waals surface area contributed by atoms with Gasteiger partial charge in [-0.2, -0.15) is 0 Å². The molecule has 3 nitrogen and oxygen atoms in total. The smallest absolute Gasteiger partial charge is 0.161 e. The number of rotatable bonds is 5. The Balaban J connectivity index is 0.00000106. The molecule has 0 radical (unpaired) electrons. The largest absolute Gasteiger partial charge is 0.493 e. The molecule has 0 saturated carbocycles. The predicted molar refractivity (Wildman–Crippen MR) is 68.3 cm³/mol. The summed E-state index contributed by atoms with van der Waals surface area (Å²) >= 11 is 0. The van der Waals surface area contributed by atoms with Gasteiger partial charge in [-0.15, -0.1) is 0 Å². The third kappa shape index (κ3) is 4.53. The molecule has 0 aliphatic rings. The van der Waals surface area contributed by atoms with Crippen LogP contribution in [0, 0.1) is 0 Å².